The summed E-state index contributed by atoms with van der Waals surface area (Å²) in [5.74, 6) is 0. The van der Waals surface area contributed by atoms with Crippen molar-refractivity contribution in [3.05, 3.63) is 0 Å². The molecule has 2 unspecified atom stereocenters. The first-order valence-electron chi connectivity index (χ1n) is 7.14. The van der Waals surface area contributed by atoms with Crippen LogP contribution in [-0.2, 0) is 4.74 Å². The molecule has 0 heterocycles. The van der Waals surface area contributed by atoms with E-state index in [1.165, 1.54) is 32.1 Å². The van der Waals surface area contributed by atoms with Crippen molar-refractivity contribution in [2.75, 3.05) is 13.2 Å². The maximum atomic E-state index is 5.98. The average Bonchev–Trinajstić information content (AvgIpc) is 2.31. The molecule has 1 N–H and O–H groups in total. The highest BCUT2D eigenvalue weighted by Gasteiger charge is 2.18. The number of hydrogen-bond acceptors (Lipinski definition) is 2. The third-order valence-electron chi connectivity index (χ3n) is 2.94. The van der Waals surface area contributed by atoms with Gasteiger partial charge in [0.15, 0.2) is 0 Å². The Morgan fingerprint density at radius 1 is 1.00 bits per heavy atom. The summed E-state index contributed by atoms with van der Waals surface area (Å²) in [6, 6.07) is 0.548. The molecule has 2 atom stereocenters. The van der Waals surface area contributed by atoms with Crippen LogP contribution in [0.3, 0.4) is 0 Å². The van der Waals surface area contributed by atoms with Crippen molar-refractivity contribution >= 4 is 0 Å². The summed E-state index contributed by atoms with van der Waals surface area (Å²) < 4.78 is 5.98. The first-order chi connectivity index (χ1) is 7.79. The molecule has 2 heteroatoms. The van der Waals surface area contributed by atoms with Crippen LogP contribution in [0.1, 0.15) is 66.2 Å². The maximum Gasteiger partial charge on any atom is 0.0725 e. The topological polar surface area (TPSA) is 21.3 Å². The Labute approximate surface area is 102 Å². The fraction of sp³-hybridized carbons (Fsp3) is 1.00. The first kappa shape index (κ1) is 15.9. The standard InChI is InChI=1S/C14H31NO/c1-5-9-12-16-14(8-4)13(10-6-2)15-11-7-3/h13-15H,5-12H2,1-4H3. The molecule has 0 amide bonds. The lowest BCUT2D eigenvalue weighted by molar-refractivity contribution is 0.0201. The van der Waals surface area contributed by atoms with E-state index >= 15 is 0 Å². The van der Waals surface area contributed by atoms with Gasteiger partial charge >= 0.3 is 0 Å². The van der Waals surface area contributed by atoms with Crippen LogP contribution in [-0.4, -0.2) is 25.3 Å². The van der Waals surface area contributed by atoms with Crippen molar-refractivity contribution < 1.29 is 4.74 Å². The predicted octanol–water partition coefficient (Wildman–Crippen LogP) is 3.75. The molecule has 0 saturated heterocycles. The van der Waals surface area contributed by atoms with Crippen LogP contribution >= 0.6 is 0 Å². The Morgan fingerprint density at radius 2 is 1.75 bits per heavy atom. The highest BCUT2D eigenvalue weighted by Crippen LogP contribution is 2.11. The van der Waals surface area contributed by atoms with Gasteiger partial charge in [0.2, 0.25) is 0 Å². The van der Waals surface area contributed by atoms with E-state index in [4.69, 9.17) is 4.74 Å². The first-order valence-corrected chi connectivity index (χ1v) is 7.14. The molecule has 0 aliphatic rings. The minimum Gasteiger partial charge on any atom is -0.377 e. The lowest BCUT2D eigenvalue weighted by Gasteiger charge is -2.27. The highest BCUT2D eigenvalue weighted by atomic mass is 16.5. The second kappa shape index (κ2) is 11.4. The lowest BCUT2D eigenvalue weighted by Crippen LogP contribution is -2.41. The van der Waals surface area contributed by atoms with Gasteiger partial charge in [-0.1, -0.05) is 40.5 Å². The van der Waals surface area contributed by atoms with Crippen molar-refractivity contribution in [1.29, 1.82) is 0 Å². The summed E-state index contributed by atoms with van der Waals surface area (Å²) in [6.45, 7) is 10.9. The number of hydrogen-bond donors (Lipinski definition) is 1. The monoisotopic (exact) mass is 229 g/mol. The Balaban J connectivity index is 3.99. The van der Waals surface area contributed by atoms with Crippen LogP contribution in [0.5, 0.6) is 0 Å². The molecule has 0 aromatic carbocycles. The smallest absolute Gasteiger partial charge is 0.0725 e. The molecule has 0 spiro atoms. The van der Waals surface area contributed by atoms with Crippen molar-refractivity contribution in [1.82, 2.24) is 5.32 Å². The van der Waals surface area contributed by atoms with E-state index in [1.807, 2.05) is 0 Å². The molecular weight excluding hydrogens is 198 g/mol. The molecule has 0 aromatic rings. The summed E-state index contributed by atoms with van der Waals surface area (Å²) in [7, 11) is 0. The van der Waals surface area contributed by atoms with Crippen LogP contribution in [0.4, 0.5) is 0 Å². The fourth-order valence-electron chi connectivity index (χ4n) is 1.96. The van der Waals surface area contributed by atoms with E-state index in [1.54, 1.807) is 0 Å². The van der Waals surface area contributed by atoms with Crippen LogP contribution in [0, 0.1) is 0 Å². The normalized spacial score (nSPS) is 15.0. The molecule has 0 fully saturated rings. The molecule has 0 aliphatic carbocycles. The van der Waals surface area contributed by atoms with E-state index in [-0.39, 0.29) is 0 Å². The molecule has 0 saturated carbocycles. The maximum absolute atomic E-state index is 5.98. The molecular formula is C14H31NO. The van der Waals surface area contributed by atoms with Gasteiger partial charge in [-0.3, -0.25) is 0 Å². The third-order valence-corrected chi connectivity index (χ3v) is 2.94. The number of rotatable bonds is 11. The highest BCUT2D eigenvalue weighted by molar-refractivity contribution is 4.75. The minimum absolute atomic E-state index is 0.401. The van der Waals surface area contributed by atoms with Gasteiger partial charge in [-0.05, 0) is 32.2 Å². The van der Waals surface area contributed by atoms with Gasteiger partial charge in [-0.15, -0.1) is 0 Å². The summed E-state index contributed by atoms with van der Waals surface area (Å²) in [5.41, 5.74) is 0. The molecule has 98 valence electrons. The summed E-state index contributed by atoms with van der Waals surface area (Å²) in [4.78, 5) is 0. The van der Waals surface area contributed by atoms with Gasteiger partial charge in [0.1, 0.15) is 0 Å². The van der Waals surface area contributed by atoms with Crippen LogP contribution < -0.4 is 5.32 Å². The number of ether oxygens (including phenoxy) is 1. The Bertz CT molecular complexity index is 139. The SMILES string of the molecule is CCCCOC(CC)C(CCC)NCCC. The van der Waals surface area contributed by atoms with Crippen molar-refractivity contribution in [2.45, 2.75) is 78.4 Å². The van der Waals surface area contributed by atoms with Crippen molar-refractivity contribution in [3.63, 3.8) is 0 Å². The summed E-state index contributed by atoms with van der Waals surface area (Å²) >= 11 is 0. The third kappa shape index (κ3) is 7.24. The second-order valence-electron chi connectivity index (χ2n) is 4.52. The average molecular weight is 229 g/mol. The van der Waals surface area contributed by atoms with E-state index in [0.29, 0.717) is 12.1 Å². The second-order valence-corrected chi connectivity index (χ2v) is 4.52. The van der Waals surface area contributed by atoms with E-state index in [0.717, 1.165) is 19.6 Å². The van der Waals surface area contributed by atoms with Crippen LogP contribution in [0.2, 0.25) is 0 Å². The van der Waals surface area contributed by atoms with Gasteiger partial charge in [0.05, 0.1) is 6.10 Å². The number of nitrogens with one attached hydrogen (secondary N) is 1. The zero-order valence-electron chi connectivity index (χ0n) is 11.7. The molecule has 0 rings (SSSR count). The van der Waals surface area contributed by atoms with Gasteiger partial charge in [-0.2, -0.15) is 0 Å². The minimum atomic E-state index is 0.401. The van der Waals surface area contributed by atoms with Gasteiger partial charge in [0, 0.05) is 12.6 Å². The molecule has 2 nitrogen and oxygen atoms in total. The van der Waals surface area contributed by atoms with Gasteiger partial charge in [-0.25, -0.2) is 0 Å². The van der Waals surface area contributed by atoms with E-state index < -0.39 is 0 Å². The summed E-state index contributed by atoms with van der Waals surface area (Å²) in [6.07, 6.45) is 7.58. The van der Waals surface area contributed by atoms with Crippen molar-refractivity contribution in [3.8, 4) is 0 Å². The number of unbranched alkanes of at least 4 members (excludes halogenated alkanes) is 1. The quantitative estimate of drug-likeness (QED) is 0.545. The van der Waals surface area contributed by atoms with E-state index in [2.05, 4.69) is 33.0 Å². The zero-order valence-corrected chi connectivity index (χ0v) is 11.7. The molecule has 0 bridgehead atoms. The largest absolute Gasteiger partial charge is 0.377 e. The van der Waals surface area contributed by atoms with Crippen LogP contribution in [0.15, 0.2) is 0 Å². The lowest BCUT2D eigenvalue weighted by atomic mass is 10.0. The molecule has 0 aliphatic heterocycles. The molecule has 16 heavy (non-hydrogen) atoms. The van der Waals surface area contributed by atoms with Gasteiger partial charge in [0.25, 0.3) is 0 Å². The Hall–Kier alpha value is -0.0800. The molecule has 0 radical (unpaired) electrons. The van der Waals surface area contributed by atoms with Crippen molar-refractivity contribution in [2.24, 2.45) is 0 Å². The zero-order chi connectivity index (χ0) is 12.2. The summed E-state index contributed by atoms with van der Waals surface area (Å²) in [5, 5.41) is 3.62. The van der Waals surface area contributed by atoms with Crippen LogP contribution in [0.25, 0.3) is 0 Å². The predicted molar refractivity (Wildman–Crippen MR) is 71.9 cm³/mol. The molecule has 0 aromatic heterocycles. The van der Waals surface area contributed by atoms with Gasteiger partial charge < -0.3 is 10.1 Å². The Kier molecular flexibility index (Phi) is 11.3. The van der Waals surface area contributed by atoms with E-state index in [9.17, 15) is 0 Å². The fourth-order valence-corrected chi connectivity index (χ4v) is 1.96. The Morgan fingerprint density at radius 3 is 2.25 bits per heavy atom.